The number of non-ortho nitro benzene ring substituents is 1. The number of nitrogens with one attached hydrogen (secondary N) is 1. The van der Waals surface area contributed by atoms with Gasteiger partial charge in [-0.25, -0.2) is 0 Å². The number of benzene rings is 1. The number of carbonyl (C=O) groups excluding carboxylic acids is 1. The van der Waals surface area contributed by atoms with Crippen LogP contribution in [-0.4, -0.2) is 24.2 Å². The molecule has 1 aliphatic rings. The number of rotatable bonds is 2. The highest BCUT2D eigenvalue weighted by Crippen LogP contribution is 2.30. The number of hydrogen-bond acceptors (Lipinski definition) is 4. The van der Waals surface area contributed by atoms with Gasteiger partial charge in [-0.05, 0) is 11.6 Å². The third kappa shape index (κ3) is 1.87. The molecule has 0 saturated carbocycles. The van der Waals surface area contributed by atoms with Crippen LogP contribution >= 0.6 is 0 Å². The number of amides is 1. The fraction of sp³-hybridized carbons (Fsp3) is 0.364. The fourth-order valence-corrected chi connectivity index (χ4v) is 2.01. The maximum Gasteiger partial charge on any atom is 0.269 e. The quantitative estimate of drug-likeness (QED) is 0.621. The van der Waals surface area contributed by atoms with Crippen molar-refractivity contribution in [1.29, 1.82) is 0 Å². The molecule has 90 valence electrons. The van der Waals surface area contributed by atoms with Crippen LogP contribution in [0.5, 0.6) is 0 Å². The number of carbonyl (C=O) groups is 1. The molecule has 0 fully saturated rings. The molecule has 17 heavy (non-hydrogen) atoms. The Morgan fingerprint density at radius 3 is 2.76 bits per heavy atom. The average molecular weight is 236 g/mol. The molecule has 1 aromatic carbocycles. The number of nitro groups is 1. The van der Waals surface area contributed by atoms with E-state index in [4.69, 9.17) is 4.74 Å². The first-order valence-electron chi connectivity index (χ1n) is 5.16. The zero-order valence-corrected chi connectivity index (χ0v) is 9.47. The van der Waals surface area contributed by atoms with E-state index in [1.54, 1.807) is 0 Å². The zero-order chi connectivity index (χ0) is 12.6. The lowest BCUT2D eigenvalue weighted by atomic mass is 9.90. The number of fused-ring (bicyclic) bond motifs is 1. The fourth-order valence-electron chi connectivity index (χ4n) is 2.01. The Labute approximate surface area is 97.7 Å². The van der Waals surface area contributed by atoms with Gasteiger partial charge in [0.05, 0.1) is 4.92 Å². The molecule has 2 atom stereocenters. The van der Waals surface area contributed by atoms with Gasteiger partial charge < -0.3 is 10.1 Å². The van der Waals surface area contributed by atoms with Gasteiger partial charge in [0.2, 0.25) is 0 Å². The van der Waals surface area contributed by atoms with Gasteiger partial charge >= 0.3 is 0 Å². The van der Waals surface area contributed by atoms with Crippen molar-refractivity contribution in [3.63, 3.8) is 0 Å². The minimum Gasteiger partial charge on any atom is -0.361 e. The molecule has 6 heteroatoms. The summed E-state index contributed by atoms with van der Waals surface area (Å²) in [5, 5.41) is 13.4. The minimum absolute atomic E-state index is 0.0137. The van der Waals surface area contributed by atoms with Crippen molar-refractivity contribution in [1.82, 2.24) is 5.32 Å². The van der Waals surface area contributed by atoms with Gasteiger partial charge in [0.25, 0.3) is 11.6 Å². The van der Waals surface area contributed by atoms with E-state index < -0.39 is 11.2 Å². The van der Waals surface area contributed by atoms with E-state index in [-0.39, 0.29) is 17.5 Å². The van der Waals surface area contributed by atoms with Crippen molar-refractivity contribution < 1.29 is 14.5 Å². The maximum absolute atomic E-state index is 11.7. The summed E-state index contributed by atoms with van der Waals surface area (Å²) in [5.74, 6) is -0.382. The molecule has 1 heterocycles. The van der Waals surface area contributed by atoms with Crippen LogP contribution in [0.2, 0.25) is 0 Å². The van der Waals surface area contributed by atoms with Crippen LogP contribution in [0, 0.1) is 10.1 Å². The summed E-state index contributed by atoms with van der Waals surface area (Å²) in [6.45, 7) is 1.86. The van der Waals surface area contributed by atoms with Gasteiger partial charge in [-0.3, -0.25) is 14.9 Å². The highest BCUT2D eigenvalue weighted by molar-refractivity contribution is 5.97. The standard InChI is InChI=1S/C11H12N2O4/c1-6-9-5-7(13(15)16)3-4-8(9)10(14)12-11(6)17-2/h3-6,11H,1-2H3,(H,12,14). The number of nitrogens with zero attached hydrogens (tertiary/aromatic N) is 1. The lowest BCUT2D eigenvalue weighted by molar-refractivity contribution is -0.384. The van der Waals surface area contributed by atoms with E-state index in [1.165, 1.54) is 25.3 Å². The van der Waals surface area contributed by atoms with Crippen molar-refractivity contribution in [3.05, 3.63) is 39.4 Å². The largest absolute Gasteiger partial charge is 0.361 e. The van der Waals surface area contributed by atoms with Crippen molar-refractivity contribution in [2.75, 3.05) is 7.11 Å². The third-order valence-electron chi connectivity index (χ3n) is 2.96. The van der Waals surface area contributed by atoms with Crippen molar-refractivity contribution in [3.8, 4) is 0 Å². The van der Waals surface area contributed by atoms with E-state index in [2.05, 4.69) is 5.32 Å². The second-order valence-electron chi connectivity index (χ2n) is 3.95. The van der Waals surface area contributed by atoms with Gasteiger partial charge in [0.15, 0.2) is 0 Å². The summed E-state index contributed by atoms with van der Waals surface area (Å²) >= 11 is 0. The van der Waals surface area contributed by atoms with Crippen LogP contribution in [0.15, 0.2) is 18.2 Å². The molecule has 0 bridgehead atoms. The molecule has 0 aliphatic carbocycles. The predicted octanol–water partition coefficient (Wildman–Crippen LogP) is 1.41. The Morgan fingerprint density at radius 2 is 2.18 bits per heavy atom. The zero-order valence-electron chi connectivity index (χ0n) is 9.47. The van der Waals surface area contributed by atoms with E-state index >= 15 is 0 Å². The summed E-state index contributed by atoms with van der Waals surface area (Å²) in [5.41, 5.74) is 1.10. The van der Waals surface area contributed by atoms with Crippen molar-refractivity contribution in [2.45, 2.75) is 19.1 Å². The van der Waals surface area contributed by atoms with Crippen molar-refractivity contribution in [2.24, 2.45) is 0 Å². The topological polar surface area (TPSA) is 81.5 Å². The SMILES string of the molecule is COC1NC(=O)c2ccc([N+](=O)[O-])cc2C1C. The van der Waals surface area contributed by atoms with Gasteiger partial charge in [-0.15, -0.1) is 0 Å². The van der Waals surface area contributed by atoms with Crippen LogP contribution in [0.3, 0.4) is 0 Å². The van der Waals surface area contributed by atoms with Crippen LogP contribution in [0.1, 0.15) is 28.8 Å². The van der Waals surface area contributed by atoms with E-state index in [1.807, 2.05) is 6.92 Å². The third-order valence-corrected chi connectivity index (χ3v) is 2.96. The van der Waals surface area contributed by atoms with Gasteiger partial charge in [-0.2, -0.15) is 0 Å². The summed E-state index contributed by atoms with van der Waals surface area (Å²) in [7, 11) is 1.49. The summed E-state index contributed by atoms with van der Waals surface area (Å²) in [4.78, 5) is 21.9. The second-order valence-corrected chi connectivity index (χ2v) is 3.95. The summed E-state index contributed by atoms with van der Waals surface area (Å²) in [6, 6.07) is 4.24. The smallest absolute Gasteiger partial charge is 0.269 e. The van der Waals surface area contributed by atoms with Crippen LogP contribution in [0.25, 0.3) is 0 Å². The molecule has 1 N–H and O–H groups in total. The first-order chi connectivity index (χ1) is 8.04. The first kappa shape index (κ1) is 11.5. The minimum atomic E-state index is -0.471. The molecule has 0 saturated heterocycles. The molecule has 0 radical (unpaired) electrons. The number of ether oxygens (including phenoxy) is 1. The molecule has 2 unspecified atom stereocenters. The van der Waals surface area contributed by atoms with Crippen LogP contribution in [0.4, 0.5) is 5.69 Å². The van der Waals surface area contributed by atoms with Gasteiger partial charge in [0, 0.05) is 30.7 Å². The predicted molar refractivity (Wildman–Crippen MR) is 59.8 cm³/mol. The molecule has 0 spiro atoms. The van der Waals surface area contributed by atoms with Crippen LogP contribution in [-0.2, 0) is 4.74 Å². The van der Waals surface area contributed by atoms with Gasteiger partial charge in [-0.1, -0.05) is 6.92 Å². The second kappa shape index (κ2) is 4.14. The Balaban J connectivity index is 2.51. The molecule has 1 aromatic rings. The lowest BCUT2D eigenvalue weighted by Gasteiger charge is -2.30. The highest BCUT2D eigenvalue weighted by atomic mass is 16.6. The molecule has 0 aromatic heterocycles. The lowest BCUT2D eigenvalue weighted by Crippen LogP contribution is -2.44. The Morgan fingerprint density at radius 1 is 1.47 bits per heavy atom. The summed E-state index contributed by atoms with van der Waals surface area (Å²) < 4.78 is 5.13. The number of methoxy groups -OCH3 is 1. The monoisotopic (exact) mass is 236 g/mol. The van der Waals surface area contributed by atoms with Gasteiger partial charge in [0.1, 0.15) is 6.23 Å². The Hall–Kier alpha value is -1.95. The molecular weight excluding hydrogens is 224 g/mol. The average Bonchev–Trinajstić information content (AvgIpc) is 2.33. The molecule has 1 aliphatic heterocycles. The molecular formula is C11H12N2O4. The van der Waals surface area contributed by atoms with E-state index in [0.29, 0.717) is 11.1 Å². The molecule has 1 amide bonds. The first-order valence-corrected chi connectivity index (χ1v) is 5.16. The number of hydrogen-bond donors (Lipinski definition) is 1. The highest BCUT2D eigenvalue weighted by Gasteiger charge is 2.31. The number of nitro benzene ring substituents is 1. The normalized spacial score (nSPS) is 22.8. The molecule has 2 rings (SSSR count). The Bertz CT molecular complexity index is 486. The Kier molecular flexibility index (Phi) is 2.81. The maximum atomic E-state index is 11.7. The van der Waals surface area contributed by atoms with Crippen LogP contribution < -0.4 is 5.32 Å². The summed E-state index contributed by atoms with van der Waals surface area (Å²) in [6.07, 6.45) is -0.447. The van der Waals surface area contributed by atoms with E-state index in [0.717, 1.165) is 0 Å². The van der Waals surface area contributed by atoms with Crippen molar-refractivity contribution >= 4 is 11.6 Å². The molecule has 6 nitrogen and oxygen atoms in total. The van der Waals surface area contributed by atoms with E-state index in [9.17, 15) is 14.9 Å².